The molecule has 1 rings (SSSR count). The second-order valence-corrected chi connectivity index (χ2v) is 3.85. The van der Waals surface area contributed by atoms with Crippen LogP contribution in [0.5, 0.6) is 0 Å². The summed E-state index contributed by atoms with van der Waals surface area (Å²) < 4.78 is 5.06. The Balaban J connectivity index is 3.01. The van der Waals surface area contributed by atoms with Crippen molar-refractivity contribution in [3.63, 3.8) is 0 Å². The van der Waals surface area contributed by atoms with Crippen LogP contribution in [-0.2, 0) is 9.53 Å². The van der Waals surface area contributed by atoms with Gasteiger partial charge in [0.2, 0.25) is 0 Å². The Morgan fingerprint density at radius 3 is 2.62 bits per heavy atom. The van der Waals surface area contributed by atoms with Gasteiger partial charge in [0, 0.05) is 10.5 Å². The van der Waals surface area contributed by atoms with Gasteiger partial charge in [0.15, 0.2) is 0 Å². The number of esters is 1. The average Bonchev–Trinajstić information content (AvgIpc) is 2.25. The maximum absolute atomic E-state index is 10.9. The number of rotatable bonds is 3. The van der Waals surface area contributed by atoms with Gasteiger partial charge in [0.25, 0.3) is 0 Å². The first-order valence-electron chi connectivity index (χ1n) is 4.33. The standard InChI is InChI=1S/C11H9BrO4/c1-16-10(13)3-2-7-4-8(11(14)15)6-9(12)5-7/h2-6H,1H3,(H,14,15). The zero-order valence-electron chi connectivity index (χ0n) is 8.44. The predicted octanol–water partition coefficient (Wildman–Crippen LogP) is 2.33. The molecule has 0 saturated heterocycles. The molecule has 4 nitrogen and oxygen atoms in total. The Labute approximate surface area is 101 Å². The van der Waals surface area contributed by atoms with Crippen LogP contribution < -0.4 is 0 Å². The number of aromatic carboxylic acids is 1. The molecule has 0 radical (unpaired) electrons. The lowest BCUT2D eigenvalue weighted by molar-refractivity contribution is -0.134. The zero-order valence-corrected chi connectivity index (χ0v) is 10.0. The topological polar surface area (TPSA) is 63.6 Å². The summed E-state index contributed by atoms with van der Waals surface area (Å²) in [5.74, 6) is -1.51. The van der Waals surface area contributed by atoms with Gasteiger partial charge in [-0.2, -0.15) is 0 Å². The third-order valence-corrected chi connectivity index (χ3v) is 2.24. The Morgan fingerprint density at radius 1 is 1.38 bits per heavy atom. The highest BCUT2D eigenvalue weighted by Gasteiger charge is 2.04. The van der Waals surface area contributed by atoms with Gasteiger partial charge >= 0.3 is 11.9 Å². The van der Waals surface area contributed by atoms with Crippen LogP contribution >= 0.6 is 15.9 Å². The molecule has 0 bridgehead atoms. The number of hydrogen-bond acceptors (Lipinski definition) is 3. The molecular weight excluding hydrogens is 276 g/mol. The summed E-state index contributed by atoms with van der Waals surface area (Å²) in [4.78, 5) is 21.6. The fourth-order valence-corrected chi connectivity index (χ4v) is 1.58. The number of carboxylic acids is 1. The highest BCUT2D eigenvalue weighted by molar-refractivity contribution is 9.10. The maximum Gasteiger partial charge on any atom is 0.335 e. The third kappa shape index (κ3) is 3.51. The molecule has 0 saturated carbocycles. The van der Waals surface area contributed by atoms with Crippen molar-refractivity contribution in [3.8, 4) is 0 Å². The van der Waals surface area contributed by atoms with Gasteiger partial charge in [-0.15, -0.1) is 0 Å². The highest BCUT2D eigenvalue weighted by atomic mass is 79.9. The summed E-state index contributed by atoms with van der Waals surface area (Å²) in [6.45, 7) is 0. The molecule has 1 aromatic rings. The van der Waals surface area contributed by atoms with Gasteiger partial charge < -0.3 is 9.84 Å². The Bertz CT molecular complexity index is 451. The van der Waals surface area contributed by atoms with E-state index >= 15 is 0 Å². The van der Waals surface area contributed by atoms with Crippen LogP contribution in [0.1, 0.15) is 15.9 Å². The summed E-state index contributed by atoms with van der Waals surface area (Å²) in [5.41, 5.74) is 0.760. The number of ether oxygens (including phenoxy) is 1. The van der Waals surface area contributed by atoms with E-state index in [1.165, 1.54) is 31.4 Å². The van der Waals surface area contributed by atoms with E-state index in [1.807, 2.05) is 0 Å². The zero-order chi connectivity index (χ0) is 12.1. The van der Waals surface area contributed by atoms with Crippen molar-refractivity contribution in [2.24, 2.45) is 0 Å². The van der Waals surface area contributed by atoms with Crippen molar-refractivity contribution in [2.75, 3.05) is 7.11 Å². The van der Waals surface area contributed by atoms with E-state index in [9.17, 15) is 9.59 Å². The summed E-state index contributed by atoms with van der Waals surface area (Å²) in [6, 6.07) is 4.65. The van der Waals surface area contributed by atoms with E-state index in [1.54, 1.807) is 6.07 Å². The molecule has 0 unspecified atom stereocenters. The Kier molecular flexibility index (Phi) is 4.25. The van der Waals surface area contributed by atoms with Crippen molar-refractivity contribution in [2.45, 2.75) is 0 Å². The number of halogens is 1. The van der Waals surface area contributed by atoms with Crippen molar-refractivity contribution < 1.29 is 19.4 Å². The SMILES string of the molecule is COC(=O)C=Cc1cc(Br)cc(C(=O)O)c1. The van der Waals surface area contributed by atoms with E-state index in [2.05, 4.69) is 20.7 Å². The number of carboxylic acid groups (broad SMARTS) is 1. The molecule has 0 heterocycles. The van der Waals surface area contributed by atoms with Crippen molar-refractivity contribution in [1.29, 1.82) is 0 Å². The smallest absolute Gasteiger partial charge is 0.335 e. The first kappa shape index (κ1) is 12.4. The van der Waals surface area contributed by atoms with Gasteiger partial charge in [-0.3, -0.25) is 0 Å². The molecule has 0 aliphatic heterocycles. The Morgan fingerprint density at radius 2 is 2.06 bits per heavy atom. The van der Waals surface area contributed by atoms with E-state index in [0.717, 1.165) is 0 Å². The molecule has 0 atom stereocenters. The van der Waals surface area contributed by atoms with E-state index in [0.29, 0.717) is 10.0 Å². The largest absolute Gasteiger partial charge is 0.478 e. The fraction of sp³-hybridized carbons (Fsp3) is 0.0909. The van der Waals surface area contributed by atoms with Gasteiger partial charge in [-0.1, -0.05) is 15.9 Å². The first-order valence-corrected chi connectivity index (χ1v) is 5.12. The van der Waals surface area contributed by atoms with Gasteiger partial charge in [0.05, 0.1) is 12.7 Å². The van der Waals surface area contributed by atoms with Gasteiger partial charge in [0.1, 0.15) is 0 Å². The lowest BCUT2D eigenvalue weighted by atomic mass is 10.1. The summed E-state index contributed by atoms with van der Waals surface area (Å²) in [6.07, 6.45) is 2.72. The van der Waals surface area contributed by atoms with Crippen LogP contribution in [-0.4, -0.2) is 24.2 Å². The molecule has 0 spiro atoms. The first-order chi connectivity index (χ1) is 7.52. The molecule has 0 aliphatic rings. The van der Waals surface area contributed by atoms with Gasteiger partial charge in [-0.05, 0) is 29.8 Å². The van der Waals surface area contributed by atoms with Gasteiger partial charge in [-0.25, -0.2) is 9.59 Å². The number of carbonyl (C=O) groups excluding carboxylic acids is 1. The lowest BCUT2D eigenvalue weighted by Crippen LogP contribution is -1.97. The number of benzene rings is 1. The van der Waals surface area contributed by atoms with Crippen molar-refractivity contribution in [3.05, 3.63) is 39.9 Å². The monoisotopic (exact) mass is 284 g/mol. The molecule has 0 fully saturated rings. The van der Waals surface area contributed by atoms with E-state index < -0.39 is 11.9 Å². The number of carbonyl (C=O) groups is 2. The average molecular weight is 285 g/mol. The van der Waals surface area contributed by atoms with Crippen LogP contribution in [0.25, 0.3) is 6.08 Å². The Hall–Kier alpha value is -1.62. The van der Waals surface area contributed by atoms with E-state index in [4.69, 9.17) is 5.11 Å². The quantitative estimate of drug-likeness (QED) is 0.684. The molecule has 5 heteroatoms. The third-order valence-electron chi connectivity index (χ3n) is 1.78. The summed E-state index contributed by atoms with van der Waals surface area (Å²) in [5, 5.41) is 8.82. The van der Waals surface area contributed by atoms with E-state index in [-0.39, 0.29) is 5.56 Å². The normalized spacial score (nSPS) is 10.4. The fourth-order valence-electron chi connectivity index (χ4n) is 1.06. The van der Waals surface area contributed by atoms with Crippen LogP contribution in [0.4, 0.5) is 0 Å². The molecule has 16 heavy (non-hydrogen) atoms. The molecule has 0 amide bonds. The minimum atomic E-state index is -1.02. The second-order valence-electron chi connectivity index (χ2n) is 2.93. The van der Waals surface area contributed by atoms with Crippen LogP contribution in [0.15, 0.2) is 28.7 Å². The second kappa shape index (κ2) is 5.46. The number of methoxy groups -OCH3 is 1. The van der Waals surface area contributed by atoms with Crippen molar-refractivity contribution in [1.82, 2.24) is 0 Å². The van der Waals surface area contributed by atoms with Crippen LogP contribution in [0, 0.1) is 0 Å². The number of hydrogen-bond donors (Lipinski definition) is 1. The molecule has 1 N–H and O–H groups in total. The predicted molar refractivity (Wildman–Crippen MR) is 62.2 cm³/mol. The summed E-state index contributed by atoms with van der Waals surface area (Å²) >= 11 is 3.19. The van der Waals surface area contributed by atoms with Crippen LogP contribution in [0.3, 0.4) is 0 Å². The molecule has 84 valence electrons. The molecular formula is C11H9BrO4. The minimum Gasteiger partial charge on any atom is -0.478 e. The maximum atomic E-state index is 10.9. The van der Waals surface area contributed by atoms with Crippen LogP contribution in [0.2, 0.25) is 0 Å². The molecule has 0 aliphatic carbocycles. The summed E-state index contributed by atoms with van der Waals surface area (Å²) in [7, 11) is 1.27. The molecule has 0 aromatic heterocycles. The molecule has 1 aromatic carbocycles. The lowest BCUT2D eigenvalue weighted by Gasteiger charge is -1.99. The van der Waals surface area contributed by atoms with Crippen molar-refractivity contribution >= 4 is 33.9 Å². The minimum absolute atomic E-state index is 0.152. The highest BCUT2D eigenvalue weighted by Crippen LogP contribution is 2.17.